The summed E-state index contributed by atoms with van der Waals surface area (Å²) in [5, 5.41) is 13.4. The molecule has 0 atom stereocenters. The highest BCUT2D eigenvalue weighted by Gasteiger charge is 2.16. The zero-order valence-electron chi connectivity index (χ0n) is 12.0. The number of nitro groups is 1. The second-order valence-electron chi connectivity index (χ2n) is 4.57. The van der Waals surface area contributed by atoms with Crippen molar-refractivity contribution in [1.29, 1.82) is 0 Å². The number of ether oxygens (including phenoxy) is 1. The number of carbonyl (C=O) groups is 1. The van der Waals surface area contributed by atoms with Gasteiger partial charge in [0.1, 0.15) is 11.6 Å². The summed E-state index contributed by atoms with van der Waals surface area (Å²) in [5.41, 5.74) is 0.153. The van der Waals surface area contributed by atoms with E-state index in [1.807, 2.05) is 0 Å². The second kappa shape index (κ2) is 7.06. The molecule has 0 radical (unpaired) electrons. The molecule has 0 heterocycles. The van der Waals surface area contributed by atoms with Gasteiger partial charge in [0.25, 0.3) is 5.69 Å². The Hall–Kier alpha value is -2.67. The number of anilines is 1. The first-order valence-corrected chi connectivity index (χ1v) is 6.85. The summed E-state index contributed by atoms with van der Waals surface area (Å²) in [5.74, 6) is -0.973. The van der Waals surface area contributed by atoms with Crippen molar-refractivity contribution in [2.24, 2.45) is 0 Å². The van der Waals surface area contributed by atoms with Crippen molar-refractivity contribution in [3.05, 3.63) is 62.9 Å². The number of halogens is 2. The predicted octanol–water partition coefficient (Wildman–Crippen LogP) is 3.58. The average Bonchev–Trinajstić information content (AvgIpc) is 2.51. The number of rotatable bonds is 5. The van der Waals surface area contributed by atoms with Crippen molar-refractivity contribution in [1.82, 2.24) is 0 Å². The lowest BCUT2D eigenvalue weighted by atomic mass is 10.1. The lowest BCUT2D eigenvalue weighted by Crippen LogP contribution is -2.16. The van der Waals surface area contributed by atoms with Crippen LogP contribution in [0.15, 0.2) is 36.4 Å². The third-order valence-corrected chi connectivity index (χ3v) is 3.42. The summed E-state index contributed by atoms with van der Waals surface area (Å²) in [6.45, 7) is 0. The van der Waals surface area contributed by atoms with Gasteiger partial charge in [-0.25, -0.2) is 4.39 Å². The van der Waals surface area contributed by atoms with Gasteiger partial charge in [0.2, 0.25) is 5.91 Å². The van der Waals surface area contributed by atoms with Crippen LogP contribution >= 0.6 is 11.6 Å². The van der Waals surface area contributed by atoms with Crippen molar-refractivity contribution in [3.8, 4) is 5.75 Å². The van der Waals surface area contributed by atoms with Crippen molar-refractivity contribution < 1.29 is 18.8 Å². The lowest BCUT2D eigenvalue weighted by molar-refractivity contribution is -0.384. The topological polar surface area (TPSA) is 81.5 Å². The first kappa shape index (κ1) is 16.7. The molecule has 0 unspecified atom stereocenters. The molecule has 0 saturated carbocycles. The average molecular weight is 339 g/mol. The first-order valence-electron chi connectivity index (χ1n) is 6.47. The summed E-state index contributed by atoms with van der Waals surface area (Å²) in [6, 6.07) is 7.90. The molecular weight excluding hydrogens is 327 g/mol. The van der Waals surface area contributed by atoms with E-state index >= 15 is 0 Å². The van der Waals surface area contributed by atoms with Crippen LogP contribution in [0.25, 0.3) is 0 Å². The Labute approximate surface area is 136 Å². The third kappa shape index (κ3) is 3.95. The van der Waals surface area contributed by atoms with E-state index in [2.05, 4.69) is 5.32 Å². The Kier molecular flexibility index (Phi) is 5.13. The number of hydrogen-bond donors (Lipinski definition) is 1. The highest BCUT2D eigenvalue weighted by molar-refractivity contribution is 6.31. The number of nitrogens with zero attached hydrogens (tertiary/aromatic N) is 1. The normalized spacial score (nSPS) is 10.2. The maximum absolute atomic E-state index is 13.7. The number of non-ortho nitro benzene ring substituents is 1. The molecule has 6 nitrogen and oxygen atoms in total. The summed E-state index contributed by atoms with van der Waals surface area (Å²) in [4.78, 5) is 22.2. The van der Waals surface area contributed by atoms with Crippen molar-refractivity contribution in [2.45, 2.75) is 6.42 Å². The van der Waals surface area contributed by atoms with Gasteiger partial charge in [-0.1, -0.05) is 17.7 Å². The van der Waals surface area contributed by atoms with Crippen LogP contribution in [-0.2, 0) is 11.2 Å². The fraction of sp³-hybridized carbons (Fsp3) is 0.133. The van der Waals surface area contributed by atoms with Gasteiger partial charge in [-0.05, 0) is 18.2 Å². The van der Waals surface area contributed by atoms with E-state index in [1.165, 1.54) is 43.5 Å². The molecule has 2 rings (SSSR count). The molecule has 0 saturated heterocycles. The third-order valence-electron chi connectivity index (χ3n) is 3.07. The quantitative estimate of drug-likeness (QED) is 0.667. The van der Waals surface area contributed by atoms with E-state index in [9.17, 15) is 19.3 Å². The van der Waals surface area contributed by atoms with Gasteiger partial charge in [0.15, 0.2) is 0 Å². The van der Waals surface area contributed by atoms with Gasteiger partial charge in [-0.15, -0.1) is 0 Å². The molecule has 0 aliphatic rings. The first-order chi connectivity index (χ1) is 10.9. The van der Waals surface area contributed by atoms with E-state index in [1.54, 1.807) is 0 Å². The van der Waals surface area contributed by atoms with Crippen LogP contribution in [0, 0.1) is 15.9 Å². The number of hydrogen-bond acceptors (Lipinski definition) is 4. The Morgan fingerprint density at radius 1 is 1.39 bits per heavy atom. The maximum atomic E-state index is 13.7. The highest BCUT2D eigenvalue weighted by atomic mass is 35.5. The van der Waals surface area contributed by atoms with E-state index in [-0.39, 0.29) is 34.1 Å². The molecule has 0 aliphatic heterocycles. The van der Waals surface area contributed by atoms with Crippen LogP contribution in [-0.4, -0.2) is 17.9 Å². The van der Waals surface area contributed by atoms with E-state index in [4.69, 9.17) is 16.3 Å². The Bertz CT molecular complexity index is 747. The van der Waals surface area contributed by atoms with E-state index in [0.717, 1.165) is 0 Å². The monoisotopic (exact) mass is 338 g/mol. The van der Waals surface area contributed by atoms with Gasteiger partial charge in [-0.2, -0.15) is 0 Å². The summed E-state index contributed by atoms with van der Waals surface area (Å²) >= 11 is 5.87. The van der Waals surface area contributed by atoms with E-state index < -0.39 is 16.6 Å². The second-order valence-corrected chi connectivity index (χ2v) is 4.97. The number of benzene rings is 2. The van der Waals surface area contributed by atoms with Crippen LogP contribution in [0.5, 0.6) is 5.75 Å². The molecule has 2 aromatic rings. The minimum absolute atomic E-state index is 0.0764. The zero-order chi connectivity index (χ0) is 17.0. The minimum atomic E-state index is -0.580. The summed E-state index contributed by atoms with van der Waals surface area (Å²) < 4.78 is 18.7. The minimum Gasteiger partial charge on any atom is -0.494 e. The van der Waals surface area contributed by atoms with Crippen LogP contribution in [0.4, 0.5) is 15.8 Å². The maximum Gasteiger partial charge on any atom is 0.273 e. The molecule has 23 heavy (non-hydrogen) atoms. The molecule has 2 aromatic carbocycles. The van der Waals surface area contributed by atoms with Crippen molar-refractivity contribution in [3.63, 3.8) is 0 Å². The molecule has 0 aliphatic carbocycles. The van der Waals surface area contributed by atoms with Gasteiger partial charge in [0.05, 0.1) is 30.2 Å². The van der Waals surface area contributed by atoms with Crippen LogP contribution < -0.4 is 10.1 Å². The molecular formula is C15H12ClFN2O4. The van der Waals surface area contributed by atoms with Gasteiger partial charge in [0, 0.05) is 16.7 Å². The molecule has 8 heteroatoms. The Balaban J connectivity index is 2.19. The lowest BCUT2D eigenvalue weighted by Gasteiger charge is -2.11. The zero-order valence-corrected chi connectivity index (χ0v) is 12.8. The molecule has 120 valence electrons. The molecule has 0 fully saturated rings. The molecule has 0 aromatic heterocycles. The van der Waals surface area contributed by atoms with Crippen molar-refractivity contribution in [2.75, 3.05) is 12.4 Å². The molecule has 0 bridgehead atoms. The largest absolute Gasteiger partial charge is 0.494 e. The van der Waals surface area contributed by atoms with Crippen LogP contribution in [0.2, 0.25) is 5.02 Å². The fourth-order valence-electron chi connectivity index (χ4n) is 1.95. The van der Waals surface area contributed by atoms with Gasteiger partial charge in [-0.3, -0.25) is 14.9 Å². The smallest absolute Gasteiger partial charge is 0.273 e. The van der Waals surface area contributed by atoms with Crippen LogP contribution in [0.1, 0.15) is 5.56 Å². The number of methoxy groups -OCH3 is 1. The fourth-order valence-corrected chi connectivity index (χ4v) is 2.18. The number of nitro benzene ring substituents is 1. The Morgan fingerprint density at radius 3 is 2.74 bits per heavy atom. The predicted molar refractivity (Wildman–Crippen MR) is 83.4 cm³/mol. The van der Waals surface area contributed by atoms with Gasteiger partial charge < -0.3 is 10.1 Å². The summed E-state index contributed by atoms with van der Waals surface area (Å²) in [6.07, 6.45) is -0.272. The SMILES string of the molecule is COc1cc([N+](=O)[O-])ccc1NC(=O)Cc1c(F)cccc1Cl. The van der Waals surface area contributed by atoms with Crippen LogP contribution in [0.3, 0.4) is 0 Å². The molecule has 1 amide bonds. The number of nitrogens with one attached hydrogen (secondary N) is 1. The summed E-state index contributed by atoms with van der Waals surface area (Å²) in [7, 11) is 1.32. The number of carbonyl (C=O) groups excluding carboxylic acids is 1. The van der Waals surface area contributed by atoms with Gasteiger partial charge >= 0.3 is 0 Å². The standard InChI is InChI=1S/C15H12ClFN2O4/c1-23-14-7-9(19(21)22)5-6-13(14)18-15(20)8-10-11(16)3-2-4-12(10)17/h2-7H,8H2,1H3,(H,18,20). The van der Waals surface area contributed by atoms with E-state index in [0.29, 0.717) is 0 Å². The Morgan fingerprint density at radius 2 is 2.13 bits per heavy atom. The highest BCUT2D eigenvalue weighted by Crippen LogP contribution is 2.29. The number of amides is 1. The molecule has 1 N–H and O–H groups in total. The van der Waals surface area contributed by atoms with Crippen molar-refractivity contribution >= 4 is 28.9 Å². The molecule has 0 spiro atoms.